The summed E-state index contributed by atoms with van der Waals surface area (Å²) < 4.78 is 29.5. The fourth-order valence-corrected chi connectivity index (χ4v) is 7.51. The van der Waals surface area contributed by atoms with Crippen molar-refractivity contribution in [3.63, 3.8) is 0 Å². The largest absolute Gasteiger partial charge is 0.335 e. The summed E-state index contributed by atoms with van der Waals surface area (Å²) in [5.41, 5.74) is 0.805. The second-order valence-corrected chi connectivity index (χ2v) is 13.3. The maximum absolute atomic E-state index is 14.1. The van der Waals surface area contributed by atoms with Gasteiger partial charge >= 0.3 is 0 Å². The molecule has 2 heterocycles. The van der Waals surface area contributed by atoms with Gasteiger partial charge in [0.15, 0.2) is 0 Å². The van der Waals surface area contributed by atoms with E-state index in [1.54, 1.807) is 29.2 Å². The zero-order chi connectivity index (χ0) is 27.9. The Labute approximate surface area is 238 Å². The van der Waals surface area contributed by atoms with Gasteiger partial charge in [-0.3, -0.25) is 9.59 Å². The predicted molar refractivity (Wildman–Crippen MR) is 149 cm³/mol. The van der Waals surface area contributed by atoms with Crippen LogP contribution in [0.2, 0.25) is 15.1 Å². The summed E-state index contributed by atoms with van der Waals surface area (Å²) in [5.74, 6) is -0.542. The fraction of sp³-hybridized carbons (Fsp3) is 0.462. The minimum Gasteiger partial charge on any atom is -0.335 e. The van der Waals surface area contributed by atoms with Crippen molar-refractivity contribution >= 4 is 56.6 Å². The van der Waals surface area contributed by atoms with Crippen LogP contribution in [0, 0.1) is 0 Å². The molecule has 206 valence electrons. The Balaban J connectivity index is 1.84. The van der Waals surface area contributed by atoms with Gasteiger partial charge in [0.2, 0.25) is 21.8 Å². The minimum absolute atomic E-state index is 0.0142. The number of piperazine rings is 1. The van der Waals surface area contributed by atoms with Crippen LogP contribution in [-0.2, 0) is 26.0 Å². The molecule has 38 heavy (non-hydrogen) atoms. The summed E-state index contributed by atoms with van der Waals surface area (Å²) in [6.07, 6.45) is -0.701. The van der Waals surface area contributed by atoms with Gasteiger partial charge in [-0.2, -0.15) is 4.31 Å². The molecule has 0 radical (unpaired) electrons. The van der Waals surface area contributed by atoms with Crippen LogP contribution in [0.1, 0.15) is 33.3 Å². The maximum atomic E-state index is 14.1. The fourth-order valence-electron chi connectivity index (χ4n) is 5.05. The van der Waals surface area contributed by atoms with E-state index in [1.165, 1.54) is 27.4 Å². The van der Waals surface area contributed by atoms with E-state index in [0.717, 1.165) is 5.56 Å². The summed E-state index contributed by atoms with van der Waals surface area (Å²) >= 11 is 18.4. The maximum Gasteiger partial charge on any atom is 0.246 e. The molecule has 0 spiro atoms. The molecule has 2 aliphatic heterocycles. The third-order valence-electron chi connectivity index (χ3n) is 6.81. The monoisotopic (exact) mass is 600 g/mol. The van der Waals surface area contributed by atoms with Crippen molar-refractivity contribution in [3.05, 3.63) is 63.1 Å². The number of sulfonamides is 1. The van der Waals surface area contributed by atoms with Gasteiger partial charge in [-0.15, -0.1) is 0 Å². The Kier molecular flexibility index (Phi) is 8.67. The van der Waals surface area contributed by atoms with E-state index < -0.39 is 28.3 Å². The van der Waals surface area contributed by atoms with Gasteiger partial charge < -0.3 is 15.1 Å². The quantitative estimate of drug-likeness (QED) is 0.518. The van der Waals surface area contributed by atoms with E-state index >= 15 is 0 Å². The summed E-state index contributed by atoms with van der Waals surface area (Å²) in [6.45, 7) is 7.43. The molecule has 2 fully saturated rings. The van der Waals surface area contributed by atoms with Crippen LogP contribution in [0.3, 0.4) is 0 Å². The molecule has 2 aliphatic rings. The molecule has 3 unspecified atom stereocenters. The molecule has 0 aliphatic carbocycles. The van der Waals surface area contributed by atoms with Gasteiger partial charge in [-0.25, -0.2) is 8.42 Å². The number of hydrogen-bond acceptors (Lipinski definition) is 5. The lowest BCUT2D eigenvalue weighted by molar-refractivity contribution is -0.168. The zero-order valence-corrected chi connectivity index (χ0v) is 24.7. The number of benzene rings is 2. The first-order valence-corrected chi connectivity index (χ1v) is 15.0. The molecule has 0 aromatic heterocycles. The van der Waals surface area contributed by atoms with Gasteiger partial charge in [0.1, 0.15) is 23.1 Å². The summed E-state index contributed by atoms with van der Waals surface area (Å²) in [7, 11) is -4.19. The molecule has 0 bridgehead atoms. The van der Waals surface area contributed by atoms with Crippen molar-refractivity contribution in [1.29, 1.82) is 0 Å². The van der Waals surface area contributed by atoms with Crippen molar-refractivity contribution in [2.75, 3.05) is 13.1 Å². The van der Waals surface area contributed by atoms with Crippen molar-refractivity contribution in [3.8, 4) is 0 Å². The molecule has 3 atom stereocenters. The molecule has 0 saturated carbocycles. The van der Waals surface area contributed by atoms with Gasteiger partial charge in [-0.1, -0.05) is 60.8 Å². The number of carbonyl (C=O) groups is 2. The standard InChI is InChI=1S/C26H31Cl3N4O4S/c1-15(2)30-21-13-32(38(36,37)23-10-9-19(28)12-20(23)29)24-14-31(16(3)4)26(35)22(33(24)25(21)34)11-17-5-7-18(27)8-6-17/h5-10,12,15-16,21-22,24,30H,11,13-14H2,1-4H3. The van der Waals surface area contributed by atoms with Crippen molar-refractivity contribution < 1.29 is 18.0 Å². The van der Waals surface area contributed by atoms with E-state index in [9.17, 15) is 18.0 Å². The lowest BCUT2D eigenvalue weighted by Gasteiger charge is -2.54. The number of nitrogens with one attached hydrogen (secondary N) is 1. The highest BCUT2D eigenvalue weighted by molar-refractivity contribution is 7.89. The Bertz CT molecular complexity index is 1320. The Morgan fingerprint density at radius 2 is 1.55 bits per heavy atom. The topological polar surface area (TPSA) is 90.0 Å². The molecular formula is C26H31Cl3N4O4S. The van der Waals surface area contributed by atoms with E-state index in [2.05, 4.69) is 5.32 Å². The van der Waals surface area contributed by atoms with Crippen LogP contribution in [0.4, 0.5) is 0 Å². The van der Waals surface area contributed by atoms with E-state index in [4.69, 9.17) is 34.8 Å². The third-order valence-corrected chi connectivity index (χ3v) is 9.65. The van der Waals surface area contributed by atoms with Crippen LogP contribution in [-0.4, -0.2) is 77.8 Å². The second kappa shape index (κ2) is 11.3. The number of nitrogens with zero attached hydrogens (tertiary/aromatic N) is 3. The average Bonchev–Trinajstić information content (AvgIpc) is 2.82. The minimum atomic E-state index is -4.19. The zero-order valence-electron chi connectivity index (χ0n) is 21.6. The number of halogens is 3. The lowest BCUT2D eigenvalue weighted by Crippen LogP contribution is -2.76. The Hall–Kier alpha value is -1.88. The summed E-state index contributed by atoms with van der Waals surface area (Å²) in [4.78, 5) is 30.6. The van der Waals surface area contributed by atoms with E-state index in [1.807, 2.05) is 27.7 Å². The molecule has 2 saturated heterocycles. The predicted octanol–water partition coefficient (Wildman–Crippen LogP) is 4.03. The normalized spacial score (nSPS) is 22.9. The lowest BCUT2D eigenvalue weighted by atomic mass is 9.96. The highest BCUT2D eigenvalue weighted by atomic mass is 35.5. The first-order valence-electron chi connectivity index (χ1n) is 12.4. The Morgan fingerprint density at radius 1 is 0.921 bits per heavy atom. The molecule has 1 N–H and O–H groups in total. The molecular weight excluding hydrogens is 571 g/mol. The van der Waals surface area contributed by atoms with Gasteiger partial charge in [-0.05, 0) is 49.7 Å². The highest BCUT2D eigenvalue weighted by Gasteiger charge is 2.54. The van der Waals surface area contributed by atoms with Crippen LogP contribution < -0.4 is 5.32 Å². The molecule has 4 rings (SSSR count). The van der Waals surface area contributed by atoms with E-state index in [-0.39, 0.29) is 53.3 Å². The molecule has 12 heteroatoms. The van der Waals surface area contributed by atoms with Gasteiger partial charge in [0, 0.05) is 35.1 Å². The van der Waals surface area contributed by atoms with Crippen molar-refractivity contribution in [1.82, 2.24) is 19.4 Å². The SMILES string of the molecule is CC(C)NC1CN(S(=O)(=O)c2ccc(Cl)cc2Cl)C2CN(C(C)C)C(=O)C(Cc3ccc(Cl)cc3)N2C1=O. The second-order valence-electron chi connectivity index (χ2n) is 10.2. The molecule has 2 aromatic carbocycles. The number of amides is 2. The molecule has 2 aromatic rings. The third kappa shape index (κ3) is 5.69. The van der Waals surface area contributed by atoms with Crippen molar-refractivity contribution in [2.45, 2.75) is 69.3 Å². The number of hydrogen-bond donors (Lipinski definition) is 1. The van der Waals surface area contributed by atoms with Crippen LogP contribution >= 0.6 is 34.8 Å². The Morgan fingerprint density at radius 3 is 2.13 bits per heavy atom. The first-order chi connectivity index (χ1) is 17.8. The molecule has 2 amide bonds. The van der Waals surface area contributed by atoms with Crippen LogP contribution in [0.25, 0.3) is 0 Å². The summed E-state index contributed by atoms with van der Waals surface area (Å²) in [6, 6.07) is 9.20. The van der Waals surface area contributed by atoms with Crippen molar-refractivity contribution in [2.24, 2.45) is 0 Å². The number of carbonyl (C=O) groups excluding carboxylic acids is 2. The summed E-state index contributed by atoms with van der Waals surface area (Å²) in [5, 5.41) is 4.03. The van der Waals surface area contributed by atoms with E-state index in [0.29, 0.717) is 10.0 Å². The van der Waals surface area contributed by atoms with Gasteiger partial charge in [0.25, 0.3) is 0 Å². The van der Waals surface area contributed by atoms with Crippen LogP contribution in [0.15, 0.2) is 47.4 Å². The first kappa shape index (κ1) is 29.1. The number of rotatable bonds is 7. The van der Waals surface area contributed by atoms with Crippen LogP contribution in [0.5, 0.6) is 0 Å². The smallest absolute Gasteiger partial charge is 0.246 e. The number of fused-ring (bicyclic) bond motifs is 1. The highest BCUT2D eigenvalue weighted by Crippen LogP contribution is 2.35. The molecule has 8 nitrogen and oxygen atoms in total. The average molecular weight is 602 g/mol. The van der Waals surface area contributed by atoms with Gasteiger partial charge in [0.05, 0.1) is 11.6 Å².